The van der Waals surface area contributed by atoms with Gasteiger partial charge in [-0.25, -0.2) is 0 Å². The molecular formula is C14H15NO. The third-order valence-electron chi connectivity index (χ3n) is 2.94. The summed E-state index contributed by atoms with van der Waals surface area (Å²) < 4.78 is 0. The van der Waals surface area contributed by atoms with Crippen LogP contribution in [0.1, 0.15) is 19.4 Å². The topological polar surface area (TPSA) is 30.0 Å². The van der Waals surface area contributed by atoms with E-state index in [0.717, 1.165) is 22.9 Å². The van der Waals surface area contributed by atoms with E-state index in [4.69, 9.17) is 0 Å². The van der Waals surface area contributed by atoms with Gasteiger partial charge in [-0.2, -0.15) is 0 Å². The van der Waals surface area contributed by atoms with Gasteiger partial charge in [0, 0.05) is 17.5 Å². The van der Waals surface area contributed by atoms with Crippen LogP contribution in [0.3, 0.4) is 0 Å². The summed E-state index contributed by atoms with van der Waals surface area (Å²) in [5.74, 6) is 0.292. The maximum atomic E-state index is 11.3. The summed E-state index contributed by atoms with van der Waals surface area (Å²) in [5.41, 5.74) is 2.17. The van der Waals surface area contributed by atoms with E-state index in [1.807, 2.05) is 31.2 Å². The van der Waals surface area contributed by atoms with E-state index >= 15 is 0 Å². The SMILES string of the molecule is CC(=O)C(C)Cc1cccc2cccnc12. The summed E-state index contributed by atoms with van der Waals surface area (Å²) in [4.78, 5) is 15.6. The first kappa shape index (κ1) is 10.8. The quantitative estimate of drug-likeness (QED) is 0.784. The number of para-hydroxylation sites is 1. The predicted octanol–water partition coefficient (Wildman–Crippen LogP) is 3.00. The van der Waals surface area contributed by atoms with Crippen LogP contribution in [0.5, 0.6) is 0 Å². The van der Waals surface area contributed by atoms with E-state index in [2.05, 4.69) is 11.1 Å². The number of ketones is 1. The van der Waals surface area contributed by atoms with Gasteiger partial charge in [0.15, 0.2) is 0 Å². The maximum absolute atomic E-state index is 11.3. The first-order valence-electron chi connectivity index (χ1n) is 5.51. The second-order valence-corrected chi connectivity index (χ2v) is 4.21. The number of carbonyl (C=O) groups excluding carboxylic acids is 1. The molecule has 0 amide bonds. The molecule has 0 saturated heterocycles. The first-order chi connectivity index (χ1) is 7.68. The van der Waals surface area contributed by atoms with Gasteiger partial charge in [0.25, 0.3) is 0 Å². The van der Waals surface area contributed by atoms with E-state index in [-0.39, 0.29) is 11.7 Å². The molecule has 0 aliphatic heterocycles. The number of hydrogen-bond acceptors (Lipinski definition) is 2. The Balaban J connectivity index is 2.41. The molecule has 0 fully saturated rings. The van der Waals surface area contributed by atoms with Crippen molar-refractivity contribution in [3.63, 3.8) is 0 Å². The van der Waals surface area contributed by atoms with Crippen LogP contribution in [0.25, 0.3) is 10.9 Å². The fraction of sp³-hybridized carbons (Fsp3) is 0.286. The minimum atomic E-state index is 0.0626. The maximum Gasteiger partial charge on any atom is 0.132 e. The van der Waals surface area contributed by atoms with Crippen LogP contribution in [-0.4, -0.2) is 10.8 Å². The Hall–Kier alpha value is -1.70. The molecule has 0 aliphatic rings. The Kier molecular flexibility index (Phi) is 3.00. The zero-order valence-corrected chi connectivity index (χ0v) is 9.60. The number of hydrogen-bond donors (Lipinski definition) is 0. The molecule has 1 unspecified atom stereocenters. The van der Waals surface area contributed by atoms with Gasteiger partial charge in [0.05, 0.1) is 5.52 Å². The van der Waals surface area contributed by atoms with Crippen LogP contribution in [0.2, 0.25) is 0 Å². The monoisotopic (exact) mass is 213 g/mol. The largest absolute Gasteiger partial charge is 0.300 e. The fourth-order valence-electron chi connectivity index (χ4n) is 1.81. The van der Waals surface area contributed by atoms with Crippen molar-refractivity contribution in [2.24, 2.45) is 5.92 Å². The van der Waals surface area contributed by atoms with Crippen LogP contribution in [0, 0.1) is 5.92 Å². The molecule has 0 spiro atoms. The Morgan fingerprint density at radius 3 is 2.81 bits per heavy atom. The third kappa shape index (κ3) is 2.11. The van der Waals surface area contributed by atoms with E-state index in [1.165, 1.54) is 0 Å². The van der Waals surface area contributed by atoms with Gasteiger partial charge in [-0.3, -0.25) is 9.78 Å². The number of nitrogens with zero attached hydrogens (tertiary/aromatic N) is 1. The highest BCUT2D eigenvalue weighted by molar-refractivity contribution is 5.83. The van der Waals surface area contributed by atoms with Crippen LogP contribution >= 0.6 is 0 Å². The lowest BCUT2D eigenvalue weighted by Crippen LogP contribution is -2.09. The molecular weight excluding hydrogens is 198 g/mol. The van der Waals surface area contributed by atoms with Crippen molar-refractivity contribution < 1.29 is 4.79 Å². The van der Waals surface area contributed by atoms with E-state index in [0.29, 0.717) is 0 Å². The number of Topliss-reactive ketones (excluding diaryl/α,β-unsaturated/α-hetero) is 1. The molecule has 2 aromatic rings. The standard InChI is InChI=1S/C14H15NO/c1-10(11(2)16)9-13-6-3-5-12-7-4-8-15-14(12)13/h3-8,10H,9H2,1-2H3. The first-order valence-corrected chi connectivity index (χ1v) is 5.51. The fourth-order valence-corrected chi connectivity index (χ4v) is 1.81. The van der Waals surface area contributed by atoms with Crippen LogP contribution in [0.15, 0.2) is 36.5 Å². The number of rotatable bonds is 3. The number of pyridine rings is 1. The molecule has 0 bridgehead atoms. The van der Waals surface area contributed by atoms with Crippen molar-refractivity contribution in [1.82, 2.24) is 4.98 Å². The van der Waals surface area contributed by atoms with Crippen molar-refractivity contribution in [2.45, 2.75) is 20.3 Å². The van der Waals surface area contributed by atoms with Gasteiger partial charge in [-0.15, -0.1) is 0 Å². The van der Waals surface area contributed by atoms with Crippen molar-refractivity contribution in [2.75, 3.05) is 0 Å². The Bertz CT molecular complexity index is 514. The zero-order valence-electron chi connectivity index (χ0n) is 9.60. The normalized spacial score (nSPS) is 12.6. The van der Waals surface area contributed by atoms with Crippen LogP contribution in [-0.2, 0) is 11.2 Å². The molecule has 2 rings (SSSR count). The minimum Gasteiger partial charge on any atom is -0.300 e. The average molecular weight is 213 g/mol. The van der Waals surface area contributed by atoms with Gasteiger partial charge in [-0.05, 0) is 25.0 Å². The lowest BCUT2D eigenvalue weighted by atomic mass is 9.96. The molecule has 2 nitrogen and oxygen atoms in total. The summed E-state index contributed by atoms with van der Waals surface area (Å²) >= 11 is 0. The molecule has 0 radical (unpaired) electrons. The number of aromatic nitrogens is 1. The molecule has 1 aromatic carbocycles. The molecule has 1 heterocycles. The molecule has 16 heavy (non-hydrogen) atoms. The molecule has 2 heteroatoms. The number of fused-ring (bicyclic) bond motifs is 1. The average Bonchev–Trinajstić information content (AvgIpc) is 2.29. The summed E-state index contributed by atoms with van der Waals surface area (Å²) in [6.45, 7) is 3.60. The predicted molar refractivity (Wildman–Crippen MR) is 65.3 cm³/mol. The Morgan fingerprint density at radius 2 is 2.06 bits per heavy atom. The van der Waals surface area contributed by atoms with E-state index in [1.54, 1.807) is 13.1 Å². The van der Waals surface area contributed by atoms with Crippen molar-refractivity contribution in [1.29, 1.82) is 0 Å². The van der Waals surface area contributed by atoms with Gasteiger partial charge in [-0.1, -0.05) is 31.2 Å². The highest BCUT2D eigenvalue weighted by Crippen LogP contribution is 2.19. The summed E-state index contributed by atoms with van der Waals surface area (Å²) in [6.07, 6.45) is 2.56. The number of benzene rings is 1. The number of carbonyl (C=O) groups is 1. The zero-order chi connectivity index (χ0) is 11.5. The molecule has 0 N–H and O–H groups in total. The minimum absolute atomic E-state index is 0.0626. The smallest absolute Gasteiger partial charge is 0.132 e. The highest BCUT2D eigenvalue weighted by Gasteiger charge is 2.10. The Labute approximate surface area is 95.3 Å². The summed E-state index contributed by atoms with van der Waals surface area (Å²) in [5, 5.41) is 1.13. The molecule has 1 aromatic heterocycles. The van der Waals surface area contributed by atoms with Crippen LogP contribution < -0.4 is 0 Å². The highest BCUT2D eigenvalue weighted by atomic mass is 16.1. The molecule has 0 saturated carbocycles. The van der Waals surface area contributed by atoms with Gasteiger partial charge < -0.3 is 0 Å². The van der Waals surface area contributed by atoms with Crippen molar-refractivity contribution in [3.8, 4) is 0 Å². The lowest BCUT2D eigenvalue weighted by molar-refractivity contribution is -0.120. The Morgan fingerprint density at radius 1 is 1.31 bits per heavy atom. The molecule has 0 aliphatic carbocycles. The van der Waals surface area contributed by atoms with Crippen LogP contribution in [0.4, 0.5) is 0 Å². The lowest BCUT2D eigenvalue weighted by Gasteiger charge is -2.09. The van der Waals surface area contributed by atoms with Crippen molar-refractivity contribution >= 4 is 16.7 Å². The van der Waals surface area contributed by atoms with E-state index in [9.17, 15) is 4.79 Å². The second kappa shape index (κ2) is 4.44. The second-order valence-electron chi connectivity index (χ2n) is 4.21. The molecule has 1 atom stereocenters. The van der Waals surface area contributed by atoms with Gasteiger partial charge >= 0.3 is 0 Å². The van der Waals surface area contributed by atoms with Crippen molar-refractivity contribution in [3.05, 3.63) is 42.1 Å². The summed E-state index contributed by atoms with van der Waals surface area (Å²) in [7, 11) is 0. The van der Waals surface area contributed by atoms with Gasteiger partial charge in [0.1, 0.15) is 5.78 Å². The summed E-state index contributed by atoms with van der Waals surface area (Å²) in [6, 6.07) is 10.1. The van der Waals surface area contributed by atoms with E-state index < -0.39 is 0 Å². The molecule has 82 valence electrons. The third-order valence-corrected chi connectivity index (χ3v) is 2.94. The van der Waals surface area contributed by atoms with Gasteiger partial charge in [0.2, 0.25) is 0 Å².